The van der Waals surface area contributed by atoms with Crippen molar-refractivity contribution in [2.24, 2.45) is 0 Å². The van der Waals surface area contributed by atoms with E-state index in [1.54, 1.807) is 17.5 Å². The predicted octanol–water partition coefficient (Wildman–Crippen LogP) is 4.79. The molecule has 0 spiro atoms. The zero-order chi connectivity index (χ0) is 20.8. The molecular formula is C20H16F2N2O4S. The Kier molecular flexibility index (Phi) is 6.50. The van der Waals surface area contributed by atoms with Crippen molar-refractivity contribution < 1.29 is 27.8 Å². The van der Waals surface area contributed by atoms with Crippen molar-refractivity contribution in [3.8, 4) is 5.75 Å². The summed E-state index contributed by atoms with van der Waals surface area (Å²) < 4.78 is 34.1. The van der Waals surface area contributed by atoms with E-state index in [0.717, 1.165) is 0 Å². The first-order valence-electron chi connectivity index (χ1n) is 8.46. The van der Waals surface area contributed by atoms with Gasteiger partial charge in [-0.2, -0.15) is 8.78 Å². The summed E-state index contributed by atoms with van der Waals surface area (Å²) in [6.45, 7) is -1.68. The van der Waals surface area contributed by atoms with Crippen molar-refractivity contribution >= 4 is 34.0 Å². The number of hydrogen-bond acceptors (Lipinski definition) is 6. The molecule has 150 valence electrons. The van der Waals surface area contributed by atoms with Crippen molar-refractivity contribution in [1.29, 1.82) is 0 Å². The Morgan fingerprint density at radius 3 is 2.59 bits per heavy atom. The standard InChI is InChI=1S/C20H16F2N2O4S/c1-13(25)24(16-7-3-2-4-8-16)20-23-15(12-29-20)11-27-18(26)14-6-5-9-17(10-14)28-19(21)22/h2-10,12,19H,11H2,1H3. The molecule has 0 radical (unpaired) electrons. The van der Waals surface area contributed by atoms with E-state index in [-0.39, 0.29) is 23.8 Å². The van der Waals surface area contributed by atoms with Crippen LogP contribution in [0.4, 0.5) is 19.6 Å². The molecule has 3 rings (SSSR count). The Morgan fingerprint density at radius 2 is 1.90 bits per heavy atom. The first kappa shape index (κ1) is 20.4. The Hall–Kier alpha value is -3.33. The van der Waals surface area contributed by atoms with Crippen molar-refractivity contribution in [2.75, 3.05) is 4.90 Å². The lowest BCUT2D eigenvalue weighted by molar-refractivity contribution is -0.115. The predicted molar refractivity (Wildman–Crippen MR) is 104 cm³/mol. The molecule has 2 aromatic carbocycles. The quantitative estimate of drug-likeness (QED) is 0.516. The van der Waals surface area contributed by atoms with Gasteiger partial charge in [-0.15, -0.1) is 11.3 Å². The summed E-state index contributed by atoms with van der Waals surface area (Å²) in [5.41, 5.74) is 1.21. The van der Waals surface area contributed by atoms with Crippen LogP contribution in [0.5, 0.6) is 5.75 Å². The molecule has 0 aliphatic heterocycles. The van der Waals surface area contributed by atoms with Crippen LogP contribution in [0.2, 0.25) is 0 Å². The Morgan fingerprint density at radius 1 is 1.14 bits per heavy atom. The van der Waals surface area contributed by atoms with Crippen LogP contribution in [0.15, 0.2) is 60.0 Å². The molecular weight excluding hydrogens is 402 g/mol. The van der Waals surface area contributed by atoms with Crippen molar-refractivity contribution in [1.82, 2.24) is 4.98 Å². The minimum Gasteiger partial charge on any atom is -0.456 e. The number of anilines is 2. The van der Waals surface area contributed by atoms with Gasteiger partial charge in [-0.25, -0.2) is 9.78 Å². The molecule has 9 heteroatoms. The molecule has 3 aromatic rings. The molecule has 0 saturated carbocycles. The summed E-state index contributed by atoms with van der Waals surface area (Å²) in [5.74, 6) is -1.04. The van der Waals surface area contributed by atoms with Gasteiger partial charge in [0.15, 0.2) is 5.13 Å². The highest BCUT2D eigenvalue weighted by atomic mass is 32.1. The molecule has 6 nitrogen and oxygen atoms in total. The molecule has 0 N–H and O–H groups in total. The molecule has 1 amide bonds. The second kappa shape index (κ2) is 9.24. The van der Waals surface area contributed by atoms with Gasteiger partial charge in [0, 0.05) is 12.3 Å². The number of halogens is 2. The molecule has 0 bridgehead atoms. The number of rotatable bonds is 7. The van der Waals surface area contributed by atoms with Gasteiger partial charge in [-0.05, 0) is 30.3 Å². The van der Waals surface area contributed by atoms with E-state index in [2.05, 4.69) is 9.72 Å². The SMILES string of the molecule is CC(=O)N(c1ccccc1)c1nc(COC(=O)c2cccc(OC(F)F)c2)cs1. The summed E-state index contributed by atoms with van der Waals surface area (Å²) in [4.78, 5) is 30.0. The fraction of sp³-hybridized carbons (Fsp3) is 0.150. The highest BCUT2D eigenvalue weighted by molar-refractivity contribution is 7.14. The third-order valence-electron chi connectivity index (χ3n) is 3.71. The van der Waals surface area contributed by atoms with Crippen LogP contribution >= 0.6 is 11.3 Å². The van der Waals surface area contributed by atoms with E-state index in [1.807, 2.05) is 18.2 Å². The lowest BCUT2D eigenvalue weighted by atomic mass is 10.2. The maximum atomic E-state index is 12.3. The lowest BCUT2D eigenvalue weighted by Gasteiger charge is -2.17. The van der Waals surface area contributed by atoms with Crippen LogP contribution in [0.1, 0.15) is 23.0 Å². The van der Waals surface area contributed by atoms with Gasteiger partial charge in [-0.3, -0.25) is 9.69 Å². The molecule has 0 aliphatic carbocycles. The maximum absolute atomic E-state index is 12.3. The first-order valence-corrected chi connectivity index (χ1v) is 9.34. The van der Waals surface area contributed by atoms with Crippen molar-refractivity contribution in [3.05, 3.63) is 71.2 Å². The topological polar surface area (TPSA) is 68.7 Å². The third kappa shape index (κ3) is 5.35. The monoisotopic (exact) mass is 418 g/mol. The van der Waals surface area contributed by atoms with Crippen LogP contribution in [0.3, 0.4) is 0 Å². The van der Waals surface area contributed by atoms with Gasteiger partial charge in [0.2, 0.25) is 5.91 Å². The number of amides is 1. The number of carbonyl (C=O) groups excluding carboxylic acids is 2. The average molecular weight is 418 g/mol. The molecule has 0 unspecified atom stereocenters. The van der Waals surface area contributed by atoms with Gasteiger partial charge < -0.3 is 9.47 Å². The number of carbonyl (C=O) groups is 2. The highest BCUT2D eigenvalue weighted by Crippen LogP contribution is 2.29. The fourth-order valence-corrected chi connectivity index (χ4v) is 3.36. The largest absolute Gasteiger partial charge is 0.456 e. The van der Waals surface area contributed by atoms with Crippen LogP contribution in [-0.2, 0) is 16.1 Å². The van der Waals surface area contributed by atoms with E-state index in [9.17, 15) is 18.4 Å². The fourth-order valence-electron chi connectivity index (χ4n) is 2.49. The van der Waals surface area contributed by atoms with Gasteiger partial charge in [0.1, 0.15) is 12.4 Å². The molecule has 1 aromatic heterocycles. The van der Waals surface area contributed by atoms with E-state index < -0.39 is 12.6 Å². The molecule has 0 fully saturated rings. The number of para-hydroxylation sites is 1. The molecule has 0 aliphatic rings. The number of nitrogens with zero attached hydrogens (tertiary/aromatic N) is 2. The number of ether oxygens (including phenoxy) is 2. The minimum absolute atomic E-state index is 0.0771. The Bertz CT molecular complexity index is 995. The number of aromatic nitrogens is 1. The molecule has 29 heavy (non-hydrogen) atoms. The van der Waals surface area contributed by atoms with Crippen molar-refractivity contribution in [2.45, 2.75) is 20.1 Å². The van der Waals surface area contributed by atoms with Gasteiger partial charge in [0.25, 0.3) is 0 Å². The molecule has 0 atom stereocenters. The minimum atomic E-state index is -2.98. The number of thiazole rings is 1. The van der Waals surface area contributed by atoms with E-state index in [4.69, 9.17) is 4.74 Å². The highest BCUT2D eigenvalue weighted by Gasteiger charge is 2.18. The summed E-state index contributed by atoms with van der Waals surface area (Å²) in [6.07, 6.45) is 0. The van der Waals surface area contributed by atoms with Gasteiger partial charge in [0.05, 0.1) is 16.9 Å². The smallest absolute Gasteiger partial charge is 0.387 e. The van der Waals surface area contributed by atoms with Crippen LogP contribution in [-0.4, -0.2) is 23.5 Å². The number of esters is 1. The summed E-state index contributed by atoms with van der Waals surface area (Å²) >= 11 is 1.24. The van der Waals surface area contributed by atoms with Crippen LogP contribution < -0.4 is 9.64 Å². The number of hydrogen-bond donors (Lipinski definition) is 0. The summed E-state index contributed by atoms with van der Waals surface area (Å²) in [7, 11) is 0. The third-order valence-corrected chi connectivity index (χ3v) is 4.58. The van der Waals surface area contributed by atoms with Gasteiger partial charge in [-0.1, -0.05) is 24.3 Å². The maximum Gasteiger partial charge on any atom is 0.387 e. The van der Waals surface area contributed by atoms with E-state index >= 15 is 0 Å². The van der Waals surface area contributed by atoms with E-state index in [1.165, 1.54) is 47.4 Å². The van der Waals surface area contributed by atoms with Gasteiger partial charge >= 0.3 is 12.6 Å². The van der Waals surface area contributed by atoms with Crippen molar-refractivity contribution in [3.63, 3.8) is 0 Å². The number of benzene rings is 2. The van der Waals surface area contributed by atoms with E-state index in [0.29, 0.717) is 16.5 Å². The summed E-state index contributed by atoms with van der Waals surface area (Å²) in [6, 6.07) is 14.4. The zero-order valence-corrected chi connectivity index (χ0v) is 16.1. The normalized spacial score (nSPS) is 10.6. The average Bonchev–Trinajstić information content (AvgIpc) is 3.15. The zero-order valence-electron chi connectivity index (χ0n) is 15.2. The Balaban J connectivity index is 1.67. The van der Waals surface area contributed by atoms with Crippen LogP contribution in [0, 0.1) is 0 Å². The van der Waals surface area contributed by atoms with Crippen LogP contribution in [0.25, 0.3) is 0 Å². The first-order chi connectivity index (χ1) is 13.9. The second-order valence-electron chi connectivity index (χ2n) is 5.79. The lowest BCUT2D eigenvalue weighted by Crippen LogP contribution is -2.22. The molecule has 0 saturated heterocycles. The molecule has 1 heterocycles. The summed E-state index contributed by atoms with van der Waals surface area (Å²) in [5, 5.41) is 2.12. The Labute approximate surface area is 169 Å². The second-order valence-corrected chi connectivity index (χ2v) is 6.63. The number of alkyl halides is 2.